The number of nitrogens with zero attached hydrogens (tertiary/aromatic N) is 3. The predicted molar refractivity (Wildman–Crippen MR) is 135 cm³/mol. The van der Waals surface area contributed by atoms with Crippen molar-refractivity contribution in [1.82, 2.24) is 25.2 Å². The van der Waals surface area contributed by atoms with Crippen molar-refractivity contribution in [2.75, 3.05) is 18.5 Å². The third-order valence-corrected chi connectivity index (χ3v) is 5.33. The van der Waals surface area contributed by atoms with Crippen LogP contribution in [0.2, 0.25) is 0 Å². The van der Waals surface area contributed by atoms with Crippen molar-refractivity contribution in [3.8, 4) is 5.82 Å². The Hall–Kier alpha value is -3.73. The monoisotopic (exact) mass is 500 g/mol. The number of alkyl halides is 1. The molecule has 3 rings (SSSR count). The number of ether oxygens (including phenoxy) is 1. The van der Waals surface area contributed by atoms with Crippen molar-refractivity contribution in [2.24, 2.45) is 0 Å². The molecule has 0 aromatic carbocycles. The van der Waals surface area contributed by atoms with E-state index in [1.165, 1.54) is 20.0 Å². The second kappa shape index (κ2) is 11.3. The summed E-state index contributed by atoms with van der Waals surface area (Å²) >= 11 is 0. The third kappa shape index (κ3) is 6.69. The number of nitrogens with one attached hydrogen (secondary N) is 3. The maximum Gasteiger partial charge on any atom is 0.407 e. The summed E-state index contributed by atoms with van der Waals surface area (Å²) in [4.78, 5) is 33.3. The number of carbonyl (C=O) groups is 2. The van der Waals surface area contributed by atoms with Gasteiger partial charge in [0.2, 0.25) is 0 Å². The van der Waals surface area contributed by atoms with E-state index >= 15 is 0 Å². The van der Waals surface area contributed by atoms with Crippen molar-refractivity contribution < 1.29 is 23.8 Å². The number of hydrogen-bond acceptors (Lipinski definition) is 7. The van der Waals surface area contributed by atoms with Crippen molar-refractivity contribution >= 4 is 28.7 Å². The molecule has 1 atom stereocenters. The Bertz CT molecular complexity index is 1220. The average Bonchev–Trinajstić information content (AvgIpc) is 3.23. The van der Waals surface area contributed by atoms with E-state index in [1.54, 1.807) is 23.8 Å². The van der Waals surface area contributed by atoms with Crippen LogP contribution in [-0.2, 0) is 11.3 Å². The molecule has 0 aliphatic carbocycles. The van der Waals surface area contributed by atoms with Gasteiger partial charge in [-0.05, 0) is 52.3 Å². The van der Waals surface area contributed by atoms with Crippen LogP contribution in [0.1, 0.15) is 50.5 Å². The summed E-state index contributed by atoms with van der Waals surface area (Å²) in [5.74, 6) is 0.0350. The standard InChI is InChI=1S/C25H33FN6O4/c1-6-36-24(34)30-12-16-9-17-7-8-32(22(17)28-11-16)21-10-19(31-15(2)3)18(13-27-21)23(33)29-14-20(26)25(4,5)35/h7-11,13,15,20,35H,6,12,14H2,1-5H3,(H,27,31)(H,29,33)(H,30,34). The lowest BCUT2D eigenvalue weighted by Crippen LogP contribution is -2.42. The highest BCUT2D eigenvalue weighted by molar-refractivity contribution is 5.99. The third-order valence-electron chi connectivity index (χ3n) is 5.33. The van der Waals surface area contributed by atoms with Gasteiger partial charge in [-0.2, -0.15) is 0 Å². The number of fused-ring (bicyclic) bond motifs is 1. The zero-order chi connectivity index (χ0) is 26.5. The number of carbonyl (C=O) groups excluding carboxylic acids is 2. The minimum atomic E-state index is -1.62. The number of halogens is 1. The topological polar surface area (TPSA) is 130 Å². The molecule has 36 heavy (non-hydrogen) atoms. The van der Waals surface area contributed by atoms with Gasteiger partial charge in [-0.25, -0.2) is 19.2 Å². The molecule has 3 heterocycles. The van der Waals surface area contributed by atoms with Crippen LogP contribution < -0.4 is 16.0 Å². The highest BCUT2D eigenvalue weighted by Crippen LogP contribution is 2.24. The van der Waals surface area contributed by atoms with Gasteiger partial charge in [0.05, 0.1) is 30.0 Å². The summed E-state index contributed by atoms with van der Waals surface area (Å²) in [6, 6.07) is 5.54. The first-order valence-corrected chi connectivity index (χ1v) is 11.8. The smallest absolute Gasteiger partial charge is 0.407 e. The van der Waals surface area contributed by atoms with Crippen LogP contribution in [-0.4, -0.2) is 62.6 Å². The lowest BCUT2D eigenvalue weighted by molar-refractivity contribution is -0.00177. The maximum absolute atomic E-state index is 14.1. The molecule has 0 bridgehead atoms. The van der Waals surface area contributed by atoms with Gasteiger partial charge in [-0.15, -0.1) is 0 Å². The highest BCUT2D eigenvalue weighted by atomic mass is 19.1. The lowest BCUT2D eigenvalue weighted by atomic mass is 10.0. The van der Waals surface area contributed by atoms with Crippen molar-refractivity contribution in [2.45, 2.75) is 59.0 Å². The van der Waals surface area contributed by atoms with E-state index in [0.29, 0.717) is 23.8 Å². The van der Waals surface area contributed by atoms with Gasteiger partial charge < -0.3 is 25.8 Å². The van der Waals surface area contributed by atoms with E-state index < -0.39 is 23.8 Å². The Balaban J connectivity index is 1.84. The molecular formula is C25H33FN6O4. The first-order chi connectivity index (χ1) is 17.0. The van der Waals surface area contributed by atoms with Crippen LogP contribution in [0.15, 0.2) is 36.8 Å². The largest absolute Gasteiger partial charge is 0.450 e. The fourth-order valence-electron chi connectivity index (χ4n) is 3.42. The molecule has 3 aromatic heterocycles. The summed E-state index contributed by atoms with van der Waals surface area (Å²) in [6.45, 7) is 8.56. The summed E-state index contributed by atoms with van der Waals surface area (Å²) in [5.41, 5.74) is 0.689. The second-order valence-corrected chi connectivity index (χ2v) is 9.23. The van der Waals surface area contributed by atoms with Gasteiger partial charge in [0.25, 0.3) is 5.91 Å². The molecule has 0 spiro atoms. The van der Waals surface area contributed by atoms with Crippen molar-refractivity contribution in [3.63, 3.8) is 0 Å². The van der Waals surface area contributed by atoms with Gasteiger partial charge in [-0.3, -0.25) is 9.36 Å². The number of pyridine rings is 2. The Morgan fingerprint density at radius 3 is 2.61 bits per heavy atom. The van der Waals surface area contributed by atoms with E-state index in [0.717, 1.165) is 10.9 Å². The van der Waals surface area contributed by atoms with Crippen LogP contribution in [0.3, 0.4) is 0 Å². The van der Waals surface area contributed by atoms with Crippen LogP contribution in [0.4, 0.5) is 14.9 Å². The zero-order valence-electron chi connectivity index (χ0n) is 21.1. The van der Waals surface area contributed by atoms with Gasteiger partial charge >= 0.3 is 6.09 Å². The molecule has 1 unspecified atom stereocenters. The molecule has 10 nitrogen and oxygen atoms in total. The SMILES string of the molecule is CCOC(=O)NCc1cnc2c(ccn2-c2cc(NC(C)C)c(C(=O)NCC(F)C(C)(C)O)cn2)c1. The van der Waals surface area contributed by atoms with Gasteiger partial charge in [0.1, 0.15) is 17.6 Å². The van der Waals surface area contributed by atoms with Crippen LogP contribution in [0, 0.1) is 0 Å². The van der Waals surface area contributed by atoms with Crippen LogP contribution in [0.25, 0.3) is 16.9 Å². The number of aliphatic hydroxyl groups is 1. The lowest BCUT2D eigenvalue weighted by Gasteiger charge is -2.23. The number of anilines is 1. The summed E-state index contributed by atoms with van der Waals surface area (Å²) in [5, 5.41) is 19.1. The first kappa shape index (κ1) is 26.9. The van der Waals surface area contributed by atoms with E-state index in [9.17, 15) is 19.1 Å². The van der Waals surface area contributed by atoms with Crippen LogP contribution in [0.5, 0.6) is 0 Å². The van der Waals surface area contributed by atoms with E-state index in [4.69, 9.17) is 4.74 Å². The number of amides is 2. The number of alkyl carbamates (subject to hydrolysis) is 1. The molecule has 3 aromatic rings. The summed E-state index contributed by atoms with van der Waals surface area (Å²) in [7, 11) is 0. The van der Waals surface area contributed by atoms with Crippen molar-refractivity contribution in [3.05, 3.63) is 47.9 Å². The first-order valence-electron chi connectivity index (χ1n) is 11.8. The zero-order valence-corrected chi connectivity index (χ0v) is 21.1. The number of aromatic nitrogens is 3. The molecule has 0 saturated carbocycles. The van der Waals surface area contributed by atoms with Crippen molar-refractivity contribution in [1.29, 1.82) is 0 Å². The van der Waals surface area contributed by atoms with Crippen LogP contribution >= 0.6 is 0 Å². The Morgan fingerprint density at radius 1 is 1.19 bits per heavy atom. The summed E-state index contributed by atoms with van der Waals surface area (Å²) < 4.78 is 20.8. The number of rotatable bonds is 10. The number of hydrogen-bond donors (Lipinski definition) is 4. The average molecular weight is 501 g/mol. The molecular weight excluding hydrogens is 467 g/mol. The predicted octanol–water partition coefficient (Wildman–Crippen LogP) is 3.33. The van der Waals surface area contributed by atoms with Gasteiger partial charge in [-0.1, -0.05) is 0 Å². The molecule has 11 heteroatoms. The molecule has 0 radical (unpaired) electrons. The van der Waals surface area contributed by atoms with E-state index in [2.05, 4.69) is 25.9 Å². The summed E-state index contributed by atoms with van der Waals surface area (Å²) in [6.07, 6.45) is 2.80. The fourth-order valence-corrected chi connectivity index (χ4v) is 3.42. The minimum absolute atomic E-state index is 0.0195. The molecule has 0 aliphatic rings. The molecule has 2 amide bonds. The quantitative estimate of drug-likeness (QED) is 0.336. The molecule has 0 aliphatic heterocycles. The van der Waals surface area contributed by atoms with E-state index in [1.807, 2.05) is 32.2 Å². The molecule has 4 N–H and O–H groups in total. The van der Waals surface area contributed by atoms with Gasteiger partial charge in [0, 0.05) is 42.6 Å². The molecule has 0 fully saturated rings. The Labute approximate surface area is 209 Å². The Morgan fingerprint density at radius 2 is 1.94 bits per heavy atom. The van der Waals surface area contributed by atoms with Gasteiger partial charge in [0.15, 0.2) is 0 Å². The second-order valence-electron chi connectivity index (χ2n) is 9.23. The van der Waals surface area contributed by atoms with E-state index in [-0.39, 0.29) is 24.7 Å². The Kier molecular flexibility index (Phi) is 8.46. The molecule has 194 valence electrons. The normalized spacial score (nSPS) is 12.4. The maximum atomic E-state index is 14.1. The fraction of sp³-hybridized carbons (Fsp3) is 0.440. The molecule has 0 saturated heterocycles. The minimum Gasteiger partial charge on any atom is -0.450 e. The highest BCUT2D eigenvalue weighted by Gasteiger charge is 2.27.